The lowest BCUT2D eigenvalue weighted by atomic mass is 10.1. The number of hydrogen-bond acceptors (Lipinski definition) is 3. The average molecular weight is 360 g/mol. The topological polar surface area (TPSA) is 68.9 Å². The summed E-state index contributed by atoms with van der Waals surface area (Å²) in [6.45, 7) is 2.53. The standard InChI is InChI=1S/C21H20N4O2/c1-14-23-18-9-5-3-8-16(18)21(27)25(14)12-11-22-20(26)17-13-24(2)19-10-6-4-7-15(17)19/h3-10,13H,11-12H2,1-2H3,(H,22,26). The molecule has 2 aromatic carbocycles. The van der Waals surface area contributed by atoms with Gasteiger partial charge in [0.15, 0.2) is 0 Å². The molecule has 1 amide bonds. The molecule has 0 fully saturated rings. The lowest BCUT2D eigenvalue weighted by Gasteiger charge is -2.11. The smallest absolute Gasteiger partial charge is 0.261 e. The molecule has 4 rings (SSSR count). The van der Waals surface area contributed by atoms with E-state index in [-0.39, 0.29) is 11.5 Å². The summed E-state index contributed by atoms with van der Waals surface area (Å²) in [5.74, 6) is 0.490. The maximum atomic E-state index is 12.7. The van der Waals surface area contributed by atoms with Gasteiger partial charge in [-0.25, -0.2) is 4.98 Å². The molecule has 0 aliphatic heterocycles. The van der Waals surface area contributed by atoms with Gasteiger partial charge < -0.3 is 9.88 Å². The highest BCUT2D eigenvalue weighted by molar-refractivity contribution is 6.06. The molecule has 0 unspecified atom stereocenters. The summed E-state index contributed by atoms with van der Waals surface area (Å²) < 4.78 is 3.54. The monoisotopic (exact) mass is 360 g/mol. The van der Waals surface area contributed by atoms with Crippen molar-refractivity contribution in [3.63, 3.8) is 0 Å². The fraction of sp³-hybridized carbons (Fsp3) is 0.190. The number of fused-ring (bicyclic) bond motifs is 2. The Hall–Kier alpha value is -3.41. The number of hydrogen-bond donors (Lipinski definition) is 1. The Labute approximate surface area is 156 Å². The molecule has 6 nitrogen and oxygen atoms in total. The van der Waals surface area contributed by atoms with Crippen LogP contribution in [0.2, 0.25) is 0 Å². The summed E-state index contributed by atoms with van der Waals surface area (Å²) in [6, 6.07) is 15.1. The van der Waals surface area contributed by atoms with Gasteiger partial charge in [0.05, 0.1) is 16.5 Å². The van der Waals surface area contributed by atoms with E-state index in [9.17, 15) is 9.59 Å². The zero-order valence-electron chi connectivity index (χ0n) is 15.3. The van der Waals surface area contributed by atoms with Crippen LogP contribution in [-0.4, -0.2) is 26.6 Å². The third kappa shape index (κ3) is 2.99. The first kappa shape index (κ1) is 17.0. The molecular formula is C21H20N4O2. The predicted octanol–water partition coefficient (Wildman–Crippen LogP) is 2.63. The Morgan fingerprint density at radius 1 is 1.07 bits per heavy atom. The van der Waals surface area contributed by atoms with Gasteiger partial charge in [0.25, 0.3) is 11.5 Å². The van der Waals surface area contributed by atoms with Gasteiger partial charge in [-0.1, -0.05) is 30.3 Å². The van der Waals surface area contributed by atoms with Crippen LogP contribution in [0.3, 0.4) is 0 Å². The van der Waals surface area contributed by atoms with E-state index in [1.807, 2.05) is 60.3 Å². The lowest BCUT2D eigenvalue weighted by molar-refractivity contribution is 0.0953. The van der Waals surface area contributed by atoms with Crippen molar-refractivity contribution in [2.24, 2.45) is 7.05 Å². The number of carbonyl (C=O) groups excluding carboxylic acids is 1. The SMILES string of the molecule is Cc1nc2ccccc2c(=O)n1CCNC(=O)c1cn(C)c2ccccc12. The van der Waals surface area contributed by atoms with Crippen LogP contribution in [0.1, 0.15) is 16.2 Å². The van der Waals surface area contributed by atoms with Crippen LogP contribution >= 0.6 is 0 Å². The average Bonchev–Trinajstić information content (AvgIpc) is 3.01. The van der Waals surface area contributed by atoms with Crippen molar-refractivity contribution in [3.05, 3.63) is 76.5 Å². The Kier molecular flexibility index (Phi) is 4.24. The number of nitrogens with zero attached hydrogens (tertiary/aromatic N) is 3. The third-order valence-electron chi connectivity index (χ3n) is 4.82. The minimum Gasteiger partial charge on any atom is -0.350 e. The zero-order valence-corrected chi connectivity index (χ0v) is 15.3. The maximum absolute atomic E-state index is 12.7. The zero-order chi connectivity index (χ0) is 19.0. The first-order chi connectivity index (χ1) is 13.1. The number of aromatic nitrogens is 3. The molecule has 27 heavy (non-hydrogen) atoms. The molecule has 136 valence electrons. The van der Waals surface area contributed by atoms with Crippen molar-refractivity contribution in [1.82, 2.24) is 19.4 Å². The van der Waals surface area contributed by atoms with Gasteiger partial charge >= 0.3 is 0 Å². The normalized spacial score (nSPS) is 11.2. The minimum atomic E-state index is -0.147. The first-order valence-electron chi connectivity index (χ1n) is 8.84. The van der Waals surface area contributed by atoms with E-state index in [1.54, 1.807) is 17.6 Å². The Bertz CT molecular complexity index is 1220. The highest BCUT2D eigenvalue weighted by Crippen LogP contribution is 2.20. The van der Waals surface area contributed by atoms with Gasteiger partial charge in [-0.3, -0.25) is 14.2 Å². The number of para-hydroxylation sites is 2. The summed E-state index contributed by atoms with van der Waals surface area (Å²) in [5, 5.41) is 4.42. The summed E-state index contributed by atoms with van der Waals surface area (Å²) >= 11 is 0. The summed E-state index contributed by atoms with van der Waals surface area (Å²) in [5.41, 5.74) is 2.25. The van der Waals surface area contributed by atoms with Crippen molar-refractivity contribution >= 4 is 27.7 Å². The Morgan fingerprint density at radius 3 is 2.59 bits per heavy atom. The van der Waals surface area contributed by atoms with Gasteiger partial charge in [-0.15, -0.1) is 0 Å². The maximum Gasteiger partial charge on any atom is 0.261 e. The van der Waals surface area contributed by atoms with Crippen molar-refractivity contribution in [2.45, 2.75) is 13.5 Å². The van der Waals surface area contributed by atoms with E-state index in [0.29, 0.717) is 35.4 Å². The van der Waals surface area contributed by atoms with Gasteiger partial charge in [0.2, 0.25) is 0 Å². The first-order valence-corrected chi connectivity index (χ1v) is 8.84. The lowest BCUT2D eigenvalue weighted by Crippen LogP contribution is -2.32. The second-order valence-corrected chi connectivity index (χ2v) is 6.56. The molecule has 0 aliphatic carbocycles. The summed E-state index contributed by atoms with van der Waals surface area (Å²) in [7, 11) is 1.92. The second-order valence-electron chi connectivity index (χ2n) is 6.56. The predicted molar refractivity (Wildman–Crippen MR) is 106 cm³/mol. The van der Waals surface area contributed by atoms with Gasteiger partial charge in [-0.05, 0) is 25.1 Å². The number of amides is 1. The fourth-order valence-corrected chi connectivity index (χ4v) is 3.44. The number of benzene rings is 2. The van der Waals surface area contributed by atoms with Crippen LogP contribution in [0.4, 0.5) is 0 Å². The quantitative estimate of drug-likeness (QED) is 0.608. The van der Waals surface area contributed by atoms with Gasteiger partial charge in [0, 0.05) is 37.2 Å². The van der Waals surface area contributed by atoms with Crippen LogP contribution in [-0.2, 0) is 13.6 Å². The number of nitrogens with one attached hydrogen (secondary N) is 1. The summed E-state index contributed by atoms with van der Waals surface area (Å²) in [4.78, 5) is 29.8. The van der Waals surface area contributed by atoms with Crippen molar-refractivity contribution < 1.29 is 4.79 Å². The van der Waals surface area contributed by atoms with Crippen molar-refractivity contribution in [3.8, 4) is 0 Å². The molecule has 0 atom stereocenters. The highest BCUT2D eigenvalue weighted by Gasteiger charge is 2.13. The molecule has 0 saturated carbocycles. The molecule has 0 radical (unpaired) electrons. The Morgan fingerprint density at radius 2 is 1.78 bits per heavy atom. The molecule has 4 aromatic rings. The molecule has 6 heteroatoms. The van der Waals surface area contributed by atoms with Crippen LogP contribution in [0.25, 0.3) is 21.8 Å². The second kappa shape index (κ2) is 6.72. The number of aryl methyl sites for hydroxylation is 2. The van der Waals surface area contributed by atoms with Crippen LogP contribution in [0, 0.1) is 6.92 Å². The molecule has 2 heterocycles. The molecule has 0 spiro atoms. The van der Waals surface area contributed by atoms with E-state index in [1.165, 1.54) is 0 Å². The van der Waals surface area contributed by atoms with E-state index in [2.05, 4.69) is 10.3 Å². The largest absolute Gasteiger partial charge is 0.350 e. The van der Waals surface area contributed by atoms with E-state index in [4.69, 9.17) is 0 Å². The number of carbonyl (C=O) groups is 1. The van der Waals surface area contributed by atoms with Crippen LogP contribution in [0.5, 0.6) is 0 Å². The Balaban J connectivity index is 1.54. The molecular weight excluding hydrogens is 340 g/mol. The van der Waals surface area contributed by atoms with E-state index >= 15 is 0 Å². The molecule has 0 bridgehead atoms. The van der Waals surface area contributed by atoms with E-state index < -0.39 is 0 Å². The fourth-order valence-electron chi connectivity index (χ4n) is 3.44. The third-order valence-corrected chi connectivity index (χ3v) is 4.82. The molecule has 0 aliphatic rings. The number of rotatable bonds is 4. The van der Waals surface area contributed by atoms with Crippen molar-refractivity contribution in [1.29, 1.82) is 0 Å². The summed E-state index contributed by atoms with van der Waals surface area (Å²) in [6.07, 6.45) is 1.83. The van der Waals surface area contributed by atoms with Gasteiger partial charge in [0.1, 0.15) is 5.82 Å². The van der Waals surface area contributed by atoms with Crippen molar-refractivity contribution in [2.75, 3.05) is 6.54 Å². The molecule has 1 N–H and O–H groups in total. The highest BCUT2D eigenvalue weighted by atomic mass is 16.1. The minimum absolute atomic E-state index is 0.0856. The molecule has 0 saturated heterocycles. The van der Waals surface area contributed by atoms with Gasteiger partial charge in [-0.2, -0.15) is 0 Å². The molecule has 2 aromatic heterocycles. The van der Waals surface area contributed by atoms with E-state index in [0.717, 1.165) is 10.9 Å². The van der Waals surface area contributed by atoms with Crippen LogP contribution in [0.15, 0.2) is 59.5 Å². The van der Waals surface area contributed by atoms with Crippen LogP contribution < -0.4 is 10.9 Å².